The lowest BCUT2D eigenvalue weighted by molar-refractivity contribution is -0.104. The first-order valence-electron chi connectivity index (χ1n) is 3.12. The predicted molar refractivity (Wildman–Crippen MR) is 37.9 cm³/mol. The van der Waals surface area contributed by atoms with E-state index in [2.05, 4.69) is 0 Å². The first kappa shape index (κ1) is 8.21. The van der Waals surface area contributed by atoms with Crippen LogP contribution in [0.2, 0.25) is 0 Å². The number of carbonyl (C=O) groups excluding carboxylic acids is 1. The van der Waals surface area contributed by atoms with Crippen LogP contribution in [-0.4, -0.2) is 6.29 Å². The van der Waals surface area contributed by atoms with Crippen LogP contribution in [0.3, 0.4) is 0 Å². The van der Waals surface area contributed by atoms with Gasteiger partial charge >= 0.3 is 0 Å². The van der Waals surface area contributed by atoms with Crippen LogP contribution in [0.15, 0.2) is 11.3 Å². The minimum absolute atomic E-state index is 0.664. The first-order valence-corrected chi connectivity index (χ1v) is 3.12. The molecule has 0 aliphatic rings. The van der Waals surface area contributed by atoms with Crippen LogP contribution < -0.4 is 5.73 Å². The molecule has 0 heterocycles. The van der Waals surface area contributed by atoms with E-state index >= 15 is 0 Å². The molecule has 0 spiro atoms. The Balaban J connectivity index is 3.93. The van der Waals surface area contributed by atoms with Gasteiger partial charge in [-0.1, -0.05) is 13.3 Å². The van der Waals surface area contributed by atoms with Crippen LogP contribution >= 0.6 is 0 Å². The maximum absolute atomic E-state index is 10.1. The Labute approximate surface area is 55.7 Å². The van der Waals surface area contributed by atoms with E-state index in [1.165, 1.54) is 0 Å². The Morgan fingerprint density at radius 1 is 1.67 bits per heavy atom. The summed E-state index contributed by atoms with van der Waals surface area (Å²) in [4.78, 5) is 10.1. The van der Waals surface area contributed by atoms with Crippen molar-refractivity contribution in [2.24, 2.45) is 5.73 Å². The van der Waals surface area contributed by atoms with Crippen molar-refractivity contribution >= 4 is 6.29 Å². The fourth-order valence-corrected chi connectivity index (χ4v) is 0.542. The molecule has 9 heavy (non-hydrogen) atoms. The monoisotopic (exact) mass is 127 g/mol. The minimum atomic E-state index is 0.664. The van der Waals surface area contributed by atoms with Gasteiger partial charge < -0.3 is 5.73 Å². The highest BCUT2D eigenvalue weighted by Crippen LogP contribution is 2.01. The lowest BCUT2D eigenvalue weighted by Crippen LogP contribution is -2.00. The summed E-state index contributed by atoms with van der Waals surface area (Å²) < 4.78 is 0. The van der Waals surface area contributed by atoms with Gasteiger partial charge in [0.2, 0.25) is 0 Å². The smallest absolute Gasteiger partial charge is 0.147 e. The molecular formula is C7H13NO. The third kappa shape index (κ3) is 2.90. The van der Waals surface area contributed by atoms with Gasteiger partial charge in [-0.25, -0.2) is 0 Å². The third-order valence-electron chi connectivity index (χ3n) is 1.20. The SMILES string of the molecule is CCCC(N)=C(C)C=O. The molecule has 0 aromatic rings. The van der Waals surface area contributed by atoms with Gasteiger partial charge in [-0.2, -0.15) is 0 Å². The molecule has 0 aromatic carbocycles. The number of rotatable bonds is 3. The van der Waals surface area contributed by atoms with E-state index in [0.29, 0.717) is 11.3 Å². The minimum Gasteiger partial charge on any atom is -0.402 e. The second-order valence-electron chi connectivity index (χ2n) is 2.08. The number of hydrogen-bond acceptors (Lipinski definition) is 2. The summed E-state index contributed by atoms with van der Waals surface area (Å²) in [5, 5.41) is 0. The van der Waals surface area contributed by atoms with Crippen molar-refractivity contribution in [3.05, 3.63) is 11.3 Å². The Hall–Kier alpha value is -0.790. The molecular weight excluding hydrogens is 114 g/mol. The van der Waals surface area contributed by atoms with Crippen LogP contribution in [0, 0.1) is 0 Å². The molecule has 52 valence electrons. The molecule has 0 aliphatic heterocycles. The highest BCUT2D eigenvalue weighted by atomic mass is 16.1. The molecule has 0 unspecified atom stereocenters. The third-order valence-corrected chi connectivity index (χ3v) is 1.20. The van der Waals surface area contributed by atoms with Gasteiger partial charge in [0.15, 0.2) is 0 Å². The lowest BCUT2D eigenvalue weighted by atomic mass is 10.2. The zero-order chi connectivity index (χ0) is 7.28. The summed E-state index contributed by atoms with van der Waals surface area (Å²) in [6.45, 7) is 3.77. The maximum atomic E-state index is 10.1. The lowest BCUT2D eigenvalue weighted by Gasteiger charge is -1.97. The summed E-state index contributed by atoms with van der Waals surface area (Å²) in [7, 11) is 0. The van der Waals surface area contributed by atoms with Gasteiger partial charge in [-0.3, -0.25) is 4.79 Å². The summed E-state index contributed by atoms with van der Waals surface area (Å²) in [6, 6.07) is 0. The first-order chi connectivity index (χ1) is 4.22. The van der Waals surface area contributed by atoms with Crippen LogP contribution in [0.25, 0.3) is 0 Å². The average Bonchev–Trinajstić information content (AvgIpc) is 1.87. The molecule has 0 aromatic heterocycles. The molecule has 2 heteroatoms. The van der Waals surface area contributed by atoms with Crippen molar-refractivity contribution in [2.75, 3.05) is 0 Å². The zero-order valence-electron chi connectivity index (χ0n) is 5.98. The molecule has 0 aliphatic carbocycles. The highest BCUT2D eigenvalue weighted by molar-refractivity contribution is 5.73. The fourth-order valence-electron chi connectivity index (χ4n) is 0.542. The van der Waals surface area contributed by atoms with Crippen LogP contribution in [0.1, 0.15) is 26.7 Å². The van der Waals surface area contributed by atoms with E-state index in [9.17, 15) is 4.79 Å². The number of allylic oxidation sites excluding steroid dienone is 2. The molecule has 0 bridgehead atoms. The molecule has 2 nitrogen and oxygen atoms in total. The van der Waals surface area contributed by atoms with Crippen molar-refractivity contribution in [1.82, 2.24) is 0 Å². The largest absolute Gasteiger partial charge is 0.402 e. The van der Waals surface area contributed by atoms with Gasteiger partial charge in [0.1, 0.15) is 6.29 Å². The number of carbonyl (C=O) groups is 1. The summed E-state index contributed by atoms with van der Waals surface area (Å²) in [6.07, 6.45) is 2.62. The Morgan fingerprint density at radius 3 is 2.56 bits per heavy atom. The van der Waals surface area contributed by atoms with E-state index in [1.54, 1.807) is 6.92 Å². The fraction of sp³-hybridized carbons (Fsp3) is 0.571. The van der Waals surface area contributed by atoms with Crippen molar-refractivity contribution in [3.63, 3.8) is 0 Å². The Kier molecular flexibility index (Phi) is 3.76. The summed E-state index contributed by atoms with van der Waals surface area (Å²) in [5.74, 6) is 0. The molecule has 0 atom stereocenters. The van der Waals surface area contributed by atoms with Crippen LogP contribution in [0.4, 0.5) is 0 Å². The van der Waals surface area contributed by atoms with Crippen molar-refractivity contribution < 1.29 is 4.79 Å². The predicted octanol–water partition coefficient (Wildman–Crippen LogP) is 1.22. The van der Waals surface area contributed by atoms with Gasteiger partial charge in [0.25, 0.3) is 0 Å². The maximum Gasteiger partial charge on any atom is 0.147 e. The molecule has 0 saturated carbocycles. The Morgan fingerprint density at radius 2 is 2.22 bits per heavy atom. The zero-order valence-corrected chi connectivity index (χ0v) is 5.98. The van der Waals surface area contributed by atoms with E-state index in [4.69, 9.17) is 5.73 Å². The van der Waals surface area contributed by atoms with E-state index < -0.39 is 0 Å². The standard InChI is InChI=1S/C7H13NO/c1-3-4-7(8)6(2)5-9/h5H,3-4,8H2,1-2H3. The van der Waals surface area contributed by atoms with E-state index in [-0.39, 0.29) is 0 Å². The summed E-state index contributed by atoms with van der Waals surface area (Å²) in [5.41, 5.74) is 6.87. The van der Waals surface area contributed by atoms with E-state index in [1.807, 2.05) is 6.92 Å². The molecule has 0 radical (unpaired) electrons. The van der Waals surface area contributed by atoms with Gasteiger partial charge in [-0.15, -0.1) is 0 Å². The molecule has 0 fully saturated rings. The molecule has 0 saturated heterocycles. The Bertz CT molecular complexity index is 127. The second-order valence-corrected chi connectivity index (χ2v) is 2.08. The van der Waals surface area contributed by atoms with Crippen molar-refractivity contribution in [2.45, 2.75) is 26.7 Å². The molecule has 0 rings (SSSR count). The van der Waals surface area contributed by atoms with Gasteiger partial charge in [0.05, 0.1) is 0 Å². The summed E-state index contributed by atoms with van der Waals surface area (Å²) >= 11 is 0. The molecule has 2 N–H and O–H groups in total. The second kappa shape index (κ2) is 4.13. The quantitative estimate of drug-likeness (QED) is 0.457. The van der Waals surface area contributed by atoms with Crippen LogP contribution in [-0.2, 0) is 4.79 Å². The highest BCUT2D eigenvalue weighted by Gasteiger charge is 1.92. The van der Waals surface area contributed by atoms with Gasteiger partial charge in [-0.05, 0) is 13.3 Å². The number of nitrogens with two attached hydrogens (primary N) is 1. The number of aldehydes is 1. The normalized spacial score (nSPS) is 12.7. The molecule has 0 amide bonds. The van der Waals surface area contributed by atoms with E-state index in [0.717, 1.165) is 19.1 Å². The van der Waals surface area contributed by atoms with Crippen molar-refractivity contribution in [3.8, 4) is 0 Å². The van der Waals surface area contributed by atoms with Gasteiger partial charge in [0, 0.05) is 11.3 Å². The topological polar surface area (TPSA) is 43.1 Å². The average molecular weight is 127 g/mol. The van der Waals surface area contributed by atoms with Crippen LogP contribution in [0.5, 0.6) is 0 Å². The number of hydrogen-bond donors (Lipinski definition) is 1. The van der Waals surface area contributed by atoms with Crippen molar-refractivity contribution in [1.29, 1.82) is 0 Å².